The quantitative estimate of drug-likeness (QED) is 0.797. The van der Waals surface area contributed by atoms with E-state index in [2.05, 4.69) is 10.6 Å². The topological polar surface area (TPSA) is 76.7 Å². The number of rotatable bonds is 6. The standard InChI is InChI=1S/C16H16N2O4S/c19-15(2-1-6-17-16(20)11-5-7-23-9-11)18-12-3-4-13-14(8-12)22-10-21-13/h3-5,7-9H,1-2,6,10H2,(H,17,20)(H,18,19). The minimum Gasteiger partial charge on any atom is -0.454 e. The molecule has 23 heavy (non-hydrogen) atoms. The van der Waals surface area contributed by atoms with Crippen molar-refractivity contribution in [1.29, 1.82) is 0 Å². The first-order valence-corrected chi connectivity index (χ1v) is 8.16. The van der Waals surface area contributed by atoms with Crippen LogP contribution < -0.4 is 20.1 Å². The van der Waals surface area contributed by atoms with E-state index in [1.165, 1.54) is 11.3 Å². The molecule has 0 bridgehead atoms. The molecular weight excluding hydrogens is 316 g/mol. The van der Waals surface area contributed by atoms with Crippen LogP contribution >= 0.6 is 11.3 Å². The average molecular weight is 332 g/mol. The lowest BCUT2D eigenvalue weighted by atomic mass is 10.2. The highest BCUT2D eigenvalue weighted by Crippen LogP contribution is 2.34. The normalized spacial score (nSPS) is 12.0. The van der Waals surface area contributed by atoms with Crippen molar-refractivity contribution >= 4 is 28.8 Å². The fraction of sp³-hybridized carbons (Fsp3) is 0.250. The van der Waals surface area contributed by atoms with Crippen LogP contribution in [0.3, 0.4) is 0 Å². The maximum absolute atomic E-state index is 11.9. The molecule has 2 aromatic rings. The number of anilines is 1. The third-order valence-corrected chi connectivity index (χ3v) is 3.99. The summed E-state index contributed by atoms with van der Waals surface area (Å²) >= 11 is 1.48. The fourth-order valence-electron chi connectivity index (χ4n) is 2.14. The van der Waals surface area contributed by atoms with E-state index in [1.54, 1.807) is 29.6 Å². The summed E-state index contributed by atoms with van der Waals surface area (Å²) in [5.41, 5.74) is 1.32. The van der Waals surface area contributed by atoms with Gasteiger partial charge in [-0.1, -0.05) is 0 Å². The molecule has 6 nitrogen and oxygen atoms in total. The van der Waals surface area contributed by atoms with Crippen molar-refractivity contribution in [3.8, 4) is 11.5 Å². The summed E-state index contributed by atoms with van der Waals surface area (Å²) in [6.07, 6.45) is 0.907. The molecule has 120 valence electrons. The molecule has 0 radical (unpaired) electrons. The van der Waals surface area contributed by atoms with Gasteiger partial charge in [-0.15, -0.1) is 0 Å². The first kappa shape index (κ1) is 15.4. The molecule has 1 aliphatic heterocycles. The number of thiophene rings is 1. The molecule has 0 atom stereocenters. The summed E-state index contributed by atoms with van der Waals surface area (Å²) in [5, 5.41) is 9.24. The van der Waals surface area contributed by atoms with Gasteiger partial charge in [0.1, 0.15) is 0 Å². The van der Waals surface area contributed by atoms with Gasteiger partial charge in [-0.25, -0.2) is 0 Å². The predicted octanol–water partition coefficient (Wildman–Crippen LogP) is 2.63. The SMILES string of the molecule is O=C(CCCNC(=O)c1ccsc1)Nc1ccc2c(c1)OCO2. The summed E-state index contributed by atoms with van der Waals surface area (Å²) in [7, 11) is 0. The van der Waals surface area contributed by atoms with Crippen molar-refractivity contribution in [3.05, 3.63) is 40.6 Å². The second-order valence-electron chi connectivity index (χ2n) is 4.99. The number of benzene rings is 1. The van der Waals surface area contributed by atoms with Gasteiger partial charge in [-0.05, 0) is 30.0 Å². The first-order chi connectivity index (χ1) is 11.2. The Labute approximate surface area is 137 Å². The van der Waals surface area contributed by atoms with Gasteiger partial charge in [0.15, 0.2) is 11.5 Å². The molecule has 2 heterocycles. The number of ether oxygens (including phenoxy) is 2. The average Bonchev–Trinajstić information content (AvgIpc) is 3.21. The van der Waals surface area contributed by atoms with Gasteiger partial charge in [-0.3, -0.25) is 9.59 Å². The Kier molecular flexibility index (Phi) is 4.77. The molecule has 1 aromatic heterocycles. The summed E-state index contributed by atoms with van der Waals surface area (Å²) in [4.78, 5) is 23.6. The molecule has 0 saturated carbocycles. The van der Waals surface area contributed by atoms with E-state index in [4.69, 9.17) is 9.47 Å². The van der Waals surface area contributed by atoms with Crippen LogP contribution in [0.1, 0.15) is 23.2 Å². The minimum atomic E-state index is -0.109. The van der Waals surface area contributed by atoms with Crippen molar-refractivity contribution in [3.63, 3.8) is 0 Å². The number of carbonyl (C=O) groups excluding carboxylic acids is 2. The Morgan fingerprint density at radius 2 is 2.04 bits per heavy atom. The second kappa shape index (κ2) is 7.15. The highest BCUT2D eigenvalue weighted by Gasteiger charge is 2.14. The molecule has 2 amide bonds. The van der Waals surface area contributed by atoms with Gasteiger partial charge in [0.25, 0.3) is 5.91 Å². The molecule has 0 fully saturated rings. The van der Waals surface area contributed by atoms with E-state index in [0.29, 0.717) is 42.1 Å². The Hall–Kier alpha value is -2.54. The van der Waals surface area contributed by atoms with Crippen LogP contribution in [-0.4, -0.2) is 25.2 Å². The van der Waals surface area contributed by atoms with Crippen molar-refractivity contribution < 1.29 is 19.1 Å². The lowest BCUT2D eigenvalue weighted by Gasteiger charge is -2.07. The monoisotopic (exact) mass is 332 g/mol. The van der Waals surface area contributed by atoms with Crippen LogP contribution in [0.4, 0.5) is 5.69 Å². The zero-order valence-electron chi connectivity index (χ0n) is 12.3. The zero-order valence-corrected chi connectivity index (χ0v) is 13.2. The van der Waals surface area contributed by atoms with Crippen LogP contribution in [0, 0.1) is 0 Å². The van der Waals surface area contributed by atoms with Gasteiger partial charge in [0, 0.05) is 35.7 Å². The Morgan fingerprint density at radius 3 is 2.87 bits per heavy atom. The third-order valence-electron chi connectivity index (χ3n) is 3.31. The van der Waals surface area contributed by atoms with Crippen molar-refractivity contribution in [2.45, 2.75) is 12.8 Å². The molecular formula is C16H16N2O4S. The van der Waals surface area contributed by atoms with Crippen LogP contribution in [0.2, 0.25) is 0 Å². The predicted molar refractivity (Wildman–Crippen MR) is 87.1 cm³/mol. The van der Waals surface area contributed by atoms with Gasteiger partial charge < -0.3 is 20.1 Å². The van der Waals surface area contributed by atoms with Crippen LogP contribution in [-0.2, 0) is 4.79 Å². The number of fused-ring (bicyclic) bond motifs is 1. The summed E-state index contributed by atoms with van der Waals surface area (Å²) < 4.78 is 10.5. The van der Waals surface area contributed by atoms with Crippen LogP contribution in [0.25, 0.3) is 0 Å². The maximum atomic E-state index is 11.9. The third kappa shape index (κ3) is 4.01. The van der Waals surface area contributed by atoms with E-state index < -0.39 is 0 Å². The number of carbonyl (C=O) groups is 2. The molecule has 0 aliphatic carbocycles. The van der Waals surface area contributed by atoms with Gasteiger partial charge >= 0.3 is 0 Å². The van der Waals surface area contributed by atoms with Crippen molar-refractivity contribution in [2.24, 2.45) is 0 Å². The lowest BCUT2D eigenvalue weighted by molar-refractivity contribution is -0.116. The van der Waals surface area contributed by atoms with Gasteiger partial charge in [0.05, 0.1) is 0 Å². The summed E-state index contributed by atoms with van der Waals surface area (Å²) in [6, 6.07) is 7.04. The van der Waals surface area contributed by atoms with Crippen molar-refractivity contribution in [2.75, 3.05) is 18.7 Å². The van der Waals surface area contributed by atoms with Gasteiger partial charge in [-0.2, -0.15) is 11.3 Å². The Balaban J connectivity index is 1.39. The van der Waals surface area contributed by atoms with E-state index >= 15 is 0 Å². The number of amides is 2. The lowest BCUT2D eigenvalue weighted by Crippen LogP contribution is -2.25. The molecule has 0 saturated heterocycles. The molecule has 3 rings (SSSR count). The Bertz CT molecular complexity index is 700. The summed E-state index contributed by atoms with van der Waals surface area (Å²) in [5.74, 6) is 1.10. The van der Waals surface area contributed by atoms with Gasteiger partial charge in [0.2, 0.25) is 12.7 Å². The number of nitrogens with one attached hydrogen (secondary N) is 2. The summed E-state index contributed by atoms with van der Waals surface area (Å²) in [6.45, 7) is 0.666. The molecule has 2 N–H and O–H groups in total. The highest BCUT2D eigenvalue weighted by atomic mass is 32.1. The van der Waals surface area contributed by atoms with Crippen LogP contribution in [0.15, 0.2) is 35.0 Å². The number of hydrogen-bond acceptors (Lipinski definition) is 5. The fourth-order valence-corrected chi connectivity index (χ4v) is 2.78. The molecule has 1 aliphatic rings. The van der Waals surface area contributed by atoms with E-state index in [0.717, 1.165) is 0 Å². The second-order valence-corrected chi connectivity index (χ2v) is 5.77. The highest BCUT2D eigenvalue weighted by molar-refractivity contribution is 7.08. The maximum Gasteiger partial charge on any atom is 0.252 e. The van der Waals surface area contributed by atoms with E-state index in [-0.39, 0.29) is 18.6 Å². The zero-order chi connectivity index (χ0) is 16.1. The van der Waals surface area contributed by atoms with Crippen molar-refractivity contribution in [1.82, 2.24) is 5.32 Å². The van der Waals surface area contributed by atoms with E-state index in [1.807, 2.05) is 5.38 Å². The molecule has 1 aromatic carbocycles. The smallest absolute Gasteiger partial charge is 0.252 e. The minimum absolute atomic E-state index is 0.103. The Morgan fingerprint density at radius 1 is 1.17 bits per heavy atom. The van der Waals surface area contributed by atoms with E-state index in [9.17, 15) is 9.59 Å². The largest absolute Gasteiger partial charge is 0.454 e. The molecule has 7 heteroatoms. The first-order valence-electron chi connectivity index (χ1n) is 7.22. The molecule has 0 unspecified atom stereocenters. The number of hydrogen-bond donors (Lipinski definition) is 2. The van der Waals surface area contributed by atoms with Crippen LogP contribution in [0.5, 0.6) is 11.5 Å². The molecule has 0 spiro atoms.